The number of nitrogens with one attached hydrogen (secondary N) is 1. The highest BCUT2D eigenvalue weighted by atomic mass is 35.5. The summed E-state index contributed by atoms with van der Waals surface area (Å²) in [7, 11) is 0. The second-order valence-corrected chi connectivity index (χ2v) is 7.17. The van der Waals surface area contributed by atoms with Crippen LogP contribution < -0.4 is 11.1 Å². The minimum atomic E-state index is -0.318. The maximum absolute atomic E-state index is 12.3. The van der Waals surface area contributed by atoms with E-state index in [0.29, 0.717) is 18.0 Å². The quantitative estimate of drug-likeness (QED) is 0.621. The average molecular weight is 367 g/mol. The maximum Gasteiger partial charge on any atom is 0.220 e. The summed E-state index contributed by atoms with van der Waals surface area (Å²) >= 11 is 0. The number of nitrogens with two attached hydrogens (primary N) is 1. The molecule has 1 aromatic carbocycles. The summed E-state index contributed by atoms with van der Waals surface area (Å²) in [4.78, 5) is 24.4. The SMILES string of the molecule is CCCCc1ccc(C(=O)CCC(=O)NC(C)(CN)C2CC2)cc1.Cl. The van der Waals surface area contributed by atoms with Crippen LogP contribution in [0.3, 0.4) is 0 Å². The first-order valence-corrected chi connectivity index (χ1v) is 9.11. The highest BCUT2D eigenvalue weighted by Crippen LogP contribution is 2.39. The van der Waals surface area contributed by atoms with E-state index in [1.54, 1.807) is 0 Å². The molecule has 3 N–H and O–H groups in total. The van der Waals surface area contributed by atoms with Gasteiger partial charge >= 0.3 is 0 Å². The van der Waals surface area contributed by atoms with Gasteiger partial charge in [-0.15, -0.1) is 12.4 Å². The number of aryl methyl sites for hydroxylation is 1. The predicted octanol–water partition coefficient (Wildman–Crippen LogP) is 3.66. The lowest BCUT2D eigenvalue weighted by atomic mass is 9.95. The van der Waals surface area contributed by atoms with E-state index in [9.17, 15) is 9.59 Å². The summed E-state index contributed by atoms with van der Waals surface area (Å²) in [5.74, 6) is 0.425. The molecule has 1 unspecified atom stereocenters. The highest BCUT2D eigenvalue weighted by Gasteiger charge is 2.41. The molecule has 0 aliphatic heterocycles. The molecule has 1 aliphatic rings. The average Bonchev–Trinajstić information content (AvgIpc) is 3.43. The fraction of sp³-hybridized carbons (Fsp3) is 0.600. The van der Waals surface area contributed by atoms with Crippen LogP contribution in [-0.2, 0) is 11.2 Å². The number of ketones is 1. The maximum atomic E-state index is 12.3. The Hall–Kier alpha value is -1.39. The molecule has 4 nitrogen and oxygen atoms in total. The largest absolute Gasteiger partial charge is 0.349 e. The Morgan fingerprint density at radius 1 is 1.20 bits per heavy atom. The van der Waals surface area contributed by atoms with Crippen molar-refractivity contribution in [3.05, 3.63) is 35.4 Å². The van der Waals surface area contributed by atoms with Crippen molar-refractivity contribution < 1.29 is 9.59 Å². The molecule has 2 rings (SSSR count). The van der Waals surface area contributed by atoms with Crippen molar-refractivity contribution in [1.29, 1.82) is 0 Å². The van der Waals surface area contributed by atoms with Gasteiger partial charge in [0.25, 0.3) is 0 Å². The highest BCUT2D eigenvalue weighted by molar-refractivity contribution is 5.98. The van der Waals surface area contributed by atoms with Gasteiger partial charge in [0.1, 0.15) is 0 Å². The molecule has 1 fully saturated rings. The summed E-state index contributed by atoms with van der Waals surface area (Å²) in [6.07, 6.45) is 6.08. The van der Waals surface area contributed by atoms with Crippen molar-refractivity contribution in [1.82, 2.24) is 5.32 Å². The first-order chi connectivity index (χ1) is 11.5. The van der Waals surface area contributed by atoms with Crippen LogP contribution in [0.5, 0.6) is 0 Å². The lowest BCUT2D eigenvalue weighted by Crippen LogP contribution is -2.53. The lowest BCUT2D eigenvalue weighted by Gasteiger charge is -2.29. The van der Waals surface area contributed by atoms with Crippen molar-refractivity contribution in [3.8, 4) is 0 Å². The van der Waals surface area contributed by atoms with E-state index in [2.05, 4.69) is 12.2 Å². The minimum Gasteiger partial charge on any atom is -0.349 e. The van der Waals surface area contributed by atoms with Crippen LogP contribution in [0.1, 0.15) is 68.3 Å². The first kappa shape index (κ1) is 21.7. The summed E-state index contributed by atoms with van der Waals surface area (Å²) in [5.41, 5.74) is 7.44. The van der Waals surface area contributed by atoms with E-state index in [-0.39, 0.29) is 42.5 Å². The predicted molar refractivity (Wildman–Crippen MR) is 104 cm³/mol. The number of hydrogen-bond donors (Lipinski definition) is 2. The fourth-order valence-electron chi connectivity index (χ4n) is 3.03. The number of carbonyl (C=O) groups is 2. The van der Waals surface area contributed by atoms with E-state index >= 15 is 0 Å². The molecule has 1 saturated carbocycles. The van der Waals surface area contributed by atoms with Gasteiger partial charge in [0.15, 0.2) is 5.78 Å². The summed E-state index contributed by atoms with van der Waals surface area (Å²) < 4.78 is 0. The van der Waals surface area contributed by atoms with Crippen LogP contribution >= 0.6 is 12.4 Å². The molecule has 0 spiro atoms. The molecule has 0 bridgehead atoms. The van der Waals surface area contributed by atoms with Crippen molar-refractivity contribution in [2.24, 2.45) is 11.7 Å². The lowest BCUT2D eigenvalue weighted by molar-refractivity contribution is -0.123. The van der Waals surface area contributed by atoms with Crippen LogP contribution in [-0.4, -0.2) is 23.8 Å². The van der Waals surface area contributed by atoms with Gasteiger partial charge in [0.2, 0.25) is 5.91 Å². The Bertz CT molecular complexity index is 570. The zero-order chi connectivity index (χ0) is 17.6. The van der Waals surface area contributed by atoms with E-state index in [1.807, 2.05) is 31.2 Å². The summed E-state index contributed by atoms with van der Waals surface area (Å²) in [6, 6.07) is 7.78. The summed E-state index contributed by atoms with van der Waals surface area (Å²) in [5, 5.41) is 3.03. The molecule has 1 atom stereocenters. The van der Waals surface area contributed by atoms with Crippen LogP contribution in [0.15, 0.2) is 24.3 Å². The second kappa shape index (κ2) is 9.93. The Labute approximate surface area is 157 Å². The third-order valence-electron chi connectivity index (χ3n) is 5.00. The van der Waals surface area contributed by atoms with Crippen LogP contribution in [0, 0.1) is 5.92 Å². The van der Waals surface area contributed by atoms with Gasteiger partial charge in [0, 0.05) is 24.9 Å². The van der Waals surface area contributed by atoms with E-state index in [4.69, 9.17) is 5.73 Å². The molecular weight excluding hydrogens is 336 g/mol. The molecule has 1 aromatic rings. The van der Waals surface area contributed by atoms with Gasteiger partial charge in [-0.25, -0.2) is 0 Å². The number of amides is 1. The topological polar surface area (TPSA) is 72.2 Å². The van der Waals surface area contributed by atoms with Gasteiger partial charge < -0.3 is 11.1 Å². The Kier molecular flexibility index (Phi) is 8.60. The number of rotatable bonds is 10. The normalized spacial score (nSPS) is 15.8. The first-order valence-electron chi connectivity index (χ1n) is 9.11. The van der Waals surface area contributed by atoms with Gasteiger partial charge in [0.05, 0.1) is 5.54 Å². The molecule has 1 amide bonds. The third-order valence-corrected chi connectivity index (χ3v) is 5.00. The van der Waals surface area contributed by atoms with Gasteiger partial charge in [-0.2, -0.15) is 0 Å². The van der Waals surface area contributed by atoms with E-state index in [1.165, 1.54) is 12.0 Å². The van der Waals surface area contributed by atoms with Crippen molar-refractivity contribution in [3.63, 3.8) is 0 Å². The standard InChI is InChI=1S/C20H30N2O2.ClH/c1-3-4-5-15-6-8-16(9-7-15)18(23)12-13-19(24)22-20(2,14-21)17-10-11-17;/h6-9,17H,3-5,10-14,21H2,1-2H3,(H,22,24);1H. The van der Waals surface area contributed by atoms with Gasteiger partial charge in [-0.1, -0.05) is 37.6 Å². The van der Waals surface area contributed by atoms with E-state index < -0.39 is 0 Å². The van der Waals surface area contributed by atoms with Crippen molar-refractivity contribution in [2.75, 3.05) is 6.54 Å². The van der Waals surface area contributed by atoms with Crippen LogP contribution in [0.2, 0.25) is 0 Å². The monoisotopic (exact) mass is 366 g/mol. The number of unbranched alkanes of at least 4 members (excludes halogenated alkanes) is 1. The summed E-state index contributed by atoms with van der Waals surface area (Å²) in [6.45, 7) is 4.61. The van der Waals surface area contributed by atoms with Gasteiger partial charge in [-0.05, 0) is 44.1 Å². The number of Topliss-reactive ketones (excluding diaryl/α,β-unsaturated/α-hetero) is 1. The Morgan fingerprint density at radius 2 is 1.84 bits per heavy atom. The third kappa shape index (κ3) is 6.44. The molecule has 1 aliphatic carbocycles. The molecule has 5 heteroatoms. The zero-order valence-electron chi connectivity index (χ0n) is 15.3. The molecule has 140 valence electrons. The van der Waals surface area contributed by atoms with Crippen LogP contribution in [0.4, 0.5) is 0 Å². The smallest absolute Gasteiger partial charge is 0.220 e. The number of hydrogen-bond acceptors (Lipinski definition) is 3. The number of benzene rings is 1. The molecule has 25 heavy (non-hydrogen) atoms. The van der Waals surface area contributed by atoms with Gasteiger partial charge in [-0.3, -0.25) is 9.59 Å². The van der Waals surface area contributed by atoms with Crippen molar-refractivity contribution >= 4 is 24.1 Å². The molecule has 0 aromatic heterocycles. The zero-order valence-corrected chi connectivity index (χ0v) is 16.2. The molecule has 0 radical (unpaired) electrons. The fourth-order valence-corrected chi connectivity index (χ4v) is 3.03. The Morgan fingerprint density at radius 3 is 2.36 bits per heavy atom. The molecule has 0 heterocycles. The number of carbonyl (C=O) groups excluding carboxylic acids is 2. The second-order valence-electron chi connectivity index (χ2n) is 7.17. The number of halogens is 1. The molecule has 0 saturated heterocycles. The molecular formula is C20H31ClN2O2. The van der Waals surface area contributed by atoms with Crippen molar-refractivity contribution in [2.45, 2.75) is 64.3 Å². The van der Waals surface area contributed by atoms with E-state index in [0.717, 1.165) is 25.7 Å². The van der Waals surface area contributed by atoms with Crippen LogP contribution in [0.25, 0.3) is 0 Å². The minimum absolute atomic E-state index is 0. The Balaban J connectivity index is 0.00000312.